The third-order valence-electron chi connectivity index (χ3n) is 6.55. The van der Waals surface area contributed by atoms with E-state index in [9.17, 15) is 19.5 Å². The molecule has 0 unspecified atom stereocenters. The monoisotopic (exact) mass is 527 g/mol. The number of benzene rings is 2. The van der Waals surface area contributed by atoms with Crippen LogP contribution >= 0.6 is 34.7 Å². The molecule has 0 saturated heterocycles. The Morgan fingerprint density at radius 3 is 2.69 bits per heavy atom. The van der Waals surface area contributed by atoms with E-state index in [4.69, 9.17) is 11.6 Å². The third-order valence-corrected chi connectivity index (χ3v) is 9.12. The second kappa shape index (κ2) is 9.64. The van der Waals surface area contributed by atoms with E-state index in [2.05, 4.69) is 15.6 Å². The number of hydrogen-bond donors (Lipinski definition) is 3. The first-order valence-corrected chi connectivity index (χ1v) is 13.3. The first kappa shape index (κ1) is 23.8. The topological polar surface area (TPSA) is 108 Å². The fourth-order valence-corrected chi connectivity index (χ4v) is 6.92. The van der Waals surface area contributed by atoms with E-state index in [1.807, 2.05) is 37.3 Å². The van der Waals surface area contributed by atoms with Gasteiger partial charge >= 0.3 is 5.97 Å². The minimum Gasteiger partial charge on any atom is -0.481 e. The van der Waals surface area contributed by atoms with Crippen LogP contribution in [0.15, 0.2) is 52.9 Å². The molecule has 0 spiro atoms. The van der Waals surface area contributed by atoms with Crippen molar-refractivity contribution in [2.45, 2.75) is 17.7 Å². The van der Waals surface area contributed by atoms with Gasteiger partial charge in [-0.15, -0.1) is 11.3 Å². The lowest BCUT2D eigenvalue weighted by atomic mass is 9.82. The first-order valence-electron chi connectivity index (χ1n) is 11.1. The number of rotatable bonds is 7. The van der Waals surface area contributed by atoms with Crippen LogP contribution in [-0.2, 0) is 14.4 Å². The van der Waals surface area contributed by atoms with Crippen molar-refractivity contribution in [1.82, 2.24) is 4.98 Å². The summed E-state index contributed by atoms with van der Waals surface area (Å²) in [6.45, 7) is 1.85. The molecule has 1 heterocycles. The number of carboxylic acid groups (broad SMARTS) is 1. The molecule has 2 aliphatic rings. The van der Waals surface area contributed by atoms with Gasteiger partial charge in [0.25, 0.3) is 0 Å². The van der Waals surface area contributed by atoms with E-state index in [0.717, 1.165) is 20.1 Å². The Balaban J connectivity index is 1.23. The van der Waals surface area contributed by atoms with Gasteiger partial charge in [-0.05, 0) is 61.1 Å². The number of halogens is 1. The largest absolute Gasteiger partial charge is 0.481 e. The number of aromatic nitrogens is 1. The van der Waals surface area contributed by atoms with Crippen LogP contribution in [0.4, 0.5) is 11.4 Å². The number of hydrogen-bond acceptors (Lipinski definition) is 6. The van der Waals surface area contributed by atoms with E-state index in [1.54, 1.807) is 18.2 Å². The number of nitrogens with one attached hydrogen (secondary N) is 2. The molecule has 10 heteroatoms. The summed E-state index contributed by atoms with van der Waals surface area (Å²) in [5.41, 5.74) is 2.88. The number of fused-ring (bicyclic) bond motifs is 3. The molecule has 3 aromatic rings. The van der Waals surface area contributed by atoms with Crippen LogP contribution in [0.1, 0.15) is 12.0 Å². The zero-order valence-corrected chi connectivity index (χ0v) is 21.0. The minimum absolute atomic E-state index is 0.0296. The normalized spacial score (nSPS) is 22.5. The Morgan fingerprint density at radius 2 is 1.91 bits per heavy atom. The molecule has 1 aromatic heterocycles. The van der Waals surface area contributed by atoms with Gasteiger partial charge in [-0.25, -0.2) is 4.98 Å². The van der Waals surface area contributed by atoms with Gasteiger partial charge in [-0.3, -0.25) is 14.4 Å². The zero-order chi connectivity index (χ0) is 24.7. The molecule has 4 atom stereocenters. The number of thioether (sulfide) groups is 1. The van der Waals surface area contributed by atoms with Crippen molar-refractivity contribution in [3.05, 3.63) is 59.1 Å². The van der Waals surface area contributed by atoms with Gasteiger partial charge in [0, 0.05) is 16.4 Å². The molecule has 35 heavy (non-hydrogen) atoms. The number of carbonyl (C=O) groups is 3. The van der Waals surface area contributed by atoms with Crippen molar-refractivity contribution in [3.63, 3.8) is 0 Å². The van der Waals surface area contributed by atoms with Gasteiger partial charge in [-0.2, -0.15) is 0 Å². The zero-order valence-electron chi connectivity index (χ0n) is 18.7. The number of carbonyl (C=O) groups excluding carboxylic acids is 2. The van der Waals surface area contributed by atoms with E-state index < -0.39 is 17.8 Å². The van der Waals surface area contributed by atoms with Crippen LogP contribution in [0.25, 0.3) is 10.2 Å². The maximum Gasteiger partial charge on any atom is 0.307 e. The third kappa shape index (κ3) is 4.80. The second-order valence-corrected chi connectivity index (χ2v) is 11.4. The second-order valence-electron chi connectivity index (χ2n) is 8.74. The SMILES string of the molecule is Cc1c(Cl)cccc1NC(=O)CSc1nc2ccc(NC(=O)[C@@H]3[C@@H](C(=O)O)[C@H]4C=C[C@H]3C4)cc2s1. The van der Waals surface area contributed by atoms with Gasteiger partial charge in [0.15, 0.2) is 4.34 Å². The maximum atomic E-state index is 13.0. The van der Waals surface area contributed by atoms with Crippen molar-refractivity contribution in [3.8, 4) is 0 Å². The number of allylic oxidation sites excluding steroid dienone is 2. The highest BCUT2D eigenvalue weighted by molar-refractivity contribution is 8.01. The summed E-state index contributed by atoms with van der Waals surface area (Å²) >= 11 is 8.89. The molecule has 1 saturated carbocycles. The highest BCUT2D eigenvalue weighted by Gasteiger charge is 2.51. The Kier molecular flexibility index (Phi) is 6.57. The van der Waals surface area contributed by atoms with Crippen molar-refractivity contribution < 1.29 is 19.5 Å². The van der Waals surface area contributed by atoms with Crippen molar-refractivity contribution >= 4 is 74.1 Å². The lowest BCUT2D eigenvalue weighted by Crippen LogP contribution is -2.36. The van der Waals surface area contributed by atoms with Crippen LogP contribution in [0.5, 0.6) is 0 Å². The smallest absolute Gasteiger partial charge is 0.307 e. The molecule has 1 fully saturated rings. The lowest BCUT2D eigenvalue weighted by Gasteiger charge is -2.23. The molecule has 2 aliphatic carbocycles. The highest BCUT2D eigenvalue weighted by Crippen LogP contribution is 2.48. The molecule has 0 aliphatic heterocycles. The summed E-state index contributed by atoms with van der Waals surface area (Å²) in [5, 5.41) is 16.0. The van der Waals surface area contributed by atoms with Crippen molar-refractivity contribution in [2.24, 2.45) is 23.7 Å². The standard InChI is InChI=1S/C25H22ClN3O4S2/c1-12-16(26)3-2-4-17(12)28-20(30)11-34-25-29-18-8-7-15(10-19(18)35-25)27-23(31)21-13-5-6-14(9-13)22(21)24(32)33/h2-8,10,13-14,21-22H,9,11H2,1H3,(H,27,31)(H,28,30)(H,32,33)/t13-,14-,21-,22-/m0/s1. The van der Waals surface area contributed by atoms with Crippen LogP contribution < -0.4 is 10.6 Å². The van der Waals surface area contributed by atoms with E-state index in [1.165, 1.54) is 23.1 Å². The van der Waals surface area contributed by atoms with E-state index >= 15 is 0 Å². The Morgan fingerprint density at radius 1 is 1.14 bits per heavy atom. The van der Waals surface area contributed by atoms with E-state index in [-0.39, 0.29) is 29.4 Å². The first-order chi connectivity index (χ1) is 16.8. The van der Waals surface area contributed by atoms with Crippen LogP contribution in [0, 0.1) is 30.6 Å². The molecule has 3 N–H and O–H groups in total. The molecule has 180 valence electrons. The number of anilines is 2. The molecular formula is C25H22ClN3O4S2. The quantitative estimate of drug-likeness (QED) is 0.278. The fourth-order valence-electron chi connectivity index (χ4n) is 4.84. The van der Waals surface area contributed by atoms with Gasteiger partial charge in [-0.1, -0.05) is 41.6 Å². The molecule has 0 radical (unpaired) electrons. The molecule has 2 bridgehead atoms. The average Bonchev–Trinajstić information content (AvgIpc) is 3.54. The van der Waals surface area contributed by atoms with E-state index in [0.29, 0.717) is 22.8 Å². The van der Waals surface area contributed by atoms with Gasteiger partial charge < -0.3 is 15.7 Å². The van der Waals surface area contributed by atoms with Crippen molar-refractivity contribution in [2.75, 3.05) is 16.4 Å². The highest BCUT2D eigenvalue weighted by atomic mass is 35.5. The van der Waals surface area contributed by atoms with Crippen LogP contribution in [0.2, 0.25) is 5.02 Å². The summed E-state index contributed by atoms with van der Waals surface area (Å²) in [6.07, 6.45) is 4.61. The number of thiazole rings is 1. The summed E-state index contributed by atoms with van der Waals surface area (Å²) in [5.74, 6) is -2.48. The number of amides is 2. The number of carboxylic acids is 1. The maximum absolute atomic E-state index is 13.0. The van der Waals surface area contributed by atoms with Crippen LogP contribution in [0.3, 0.4) is 0 Å². The minimum atomic E-state index is -0.920. The molecule has 2 aromatic carbocycles. The Labute approximate surface area is 215 Å². The fraction of sp³-hybridized carbons (Fsp3) is 0.280. The van der Waals surface area contributed by atoms with Crippen molar-refractivity contribution in [1.29, 1.82) is 0 Å². The predicted molar refractivity (Wildman–Crippen MR) is 139 cm³/mol. The summed E-state index contributed by atoms with van der Waals surface area (Å²) in [6, 6.07) is 10.8. The number of nitrogens with zero attached hydrogens (tertiary/aromatic N) is 1. The van der Waals surface area contributed by atoms with Gasteiger partial charge in [0.05, 0.1) is 27.8 Å². The Hall–Kier alpha value is -2.88. The summed E-state index contributed by atoms with van der Waals surface area (Å²) < 4.78 is 1.62. The number of aliphatic carboxylic acids is 1. The van der Waals surface area contributed by atoms with Gasteiger partial charge in [0.1, 0.15) is 0 Å². The lowest BCUT2D eigenvalue weighted by molar-refractivity contribution is -0.146. The predicted octanol–water partition coefficient (Wildman–Crippen LogP) is 5.45. The Bertz CT molecular complexity index is 1370. The molecule has 5 rings (SSSR count). The molecule has 2 amide bonds. The average molecular weight is 528 g/mol. The van der Waals surface area contributed by atoms with Crippen LogP contribution in [-0.4, -0.2) is 33.6 Å². The molecule has 7 nitrogen and oxygen atoms in total. The van der Waals surface area contributed by atoms with Gasteiger partial charge in [0.2, 0.25) is 11.8 Å². The summed E-state index contributed by atoms with van der Waals surface area (Å²) in [7, 11) is 0. The molecular weight excluding hydrogens is 506 g/mol. The summed E-state index contributed by atoms with van der Waals surface area (Å²) in [4.78, 5) is 41.6.